The lowest BCUT2D eigenvalue weighted by atomic mass is 9.78. The highest BCUT2D eigenvalue weighted by atomic mass is 16.1. The van der Waals surface area contributed by atoms with Gasteiger partial charge in [-0.05, 0) is 36.8 Å². The number of ketones is 1. The Hall–Kier alpha value is -2.95. The maximum Gasteiger partial charge on any atom is 0.139 e. The Morgan fingerprint density at radius 2 is 1.10 bits per heavy atom. The van der Waals surface area contributed by atoms with E-state index in [-0.39, 0.29) is 23.5 Å². The number of Topliss-reactive ketones (excluding diaryl/α,β-unsaturated/α-hetero) is 1. The largest absolute Gasteiger partial charge is 0.384 e. The second-order valence-corrected chi connectivity index (χ2v) is 8.06. The molecule has 0 spiro atoms. The van der Waals surface area contributed by atoms with Crippen molar-refractivity contribution in [2.45, 2.75) is 44.9 Å². The van der Waals surface area contributed by atoms with Crippen LogP contribution < -0.4 is 11.5 Å². The molecule has 0 heterocycles. The zero-order chi connectivity index (χ0) is 20.8. The number of hydrogen-bond donors (Lipinski definition) is 4. The number of nitrogens with one attached hydrogen (secondary N) is 2. The predicted octanol–water partition coefficient (Wildman–Crippen LogP) is 3.81. The van der Waals surface area contributed by atoms with Gasteiger partial charge in [-0.2, -0.15) is 0 Å². The highest BCUT2D eigenvalue weighted by Gasteiger charge is 2.28. The van der Waals surface area contributed by atoms with Crippen molar-refractivity contribution < 1.29 is 4.79 Å². The predicted molar refractivity (Wildman–Crippen MR) is 117 cm³/mol. The van der Waals surface area contributed by atoms with E-state index in [0.717, 1.165) is 49.7 Å². The first-order valence-corrected chi connectivity index (χ1v) is 10.3. The van der Waals surface area contributed by atoms with Crippen LogP contribution >= 0.6 is 0 Å². The van der Waals surface area contributed by atoms with Crippen molar-refractivity contribution in [3.8, 4) is 0 Å². The molecule has 152 valence electrons. The molecule has 5 nitrogen and oxygen atoms in total. The van der Waals surface area contributed by atoms with E-state index < -0.39 is 0 Å². The van der Waals surface area contributed by atoms with Crippen LogP contribution in [0.1, 0.15) is 54.4 Å². The molecule has 0 aliphatic heterocycles. The zero-order valence-corrected chi connectivity index (χ0v) is 16.8. The third-order valence-corrected chi connectivity index (χ3v) is 5.90. The minimum atomic E-state index is 0.0416. The van der Waals surface area contributed by atoms with Crippen molar-refractivity contribution in [1.29, 1.82) is 10.8 Å². The SMILES string of the molecule is N=C(N)c1ccc(CC2CCCCCC(Cc3ccc(C(=N)N)cc3)C2=O)cc1. The molecule has 0 saturated heterocycles. The van der Waals surface area contributed by atoms with Crippen LogP contribution in [0.15, 0.2) is 48.5 Å². The number of amidine groups is 2. The molecule has 0 aromatic heterocycles. The van der Waals surface area contributed by atoms with Crippen molar-refractivity contribution in [2.24, 2.45) is 23.3 Å². The summed E-state index contributed by atoms with van der Waals surface area (Å²) in [7, 11) is 0. The van der Waals surface area contributed by atoms with Gasteiger partial charge in [0.2, 0.25) is 0 Å². The Morgan fingerprint density at radius 1 is 0.724 bits per heavy atom. The van der Waals surface area contributed by atoms with Crippen molar-refractivity contribution in [1.82, 2.24) is 0 Å². The van der Waals surface area contributed by atoms with E-state index in [1.165, 1.54) is 6.42 Å². The summed E-state index contributed by atoms with van der Waals surface area (Å²) < 4.78 is 0. The molecule has 3 rings (SSSR count). The van der Waals surface area contributed by atoms with Crippen molar-refractivity contribution in [3.63, 3.8) is 0 Å². The van der Waals surface area contributed by atoms with E-state index in [2.05, 4.69) is 0 Å². The molecule has 2 unspecified atom stereocenters. The quantitative estimate of drug-likeness (QED) is 0.444. The number of benzene rings is 2. The molecule has 2 aromatic carbocycles. The van der Waals surface area contributed by atoms with Gasteiger partial charge in [0, 0.05) is 23.0 Å². The number of nitrogens with two attached hydrogens (primary N) is 2. The molecule has 1 aliphatic rings. The molecule has 1 aliphatic carbocycles. The molecule has 6 N–H and O–H groups in total. The van der Waals surface area contributed by atoms with Crippen LogP contribution in [0, 0.1) is 22.7 Å². The fourth-order valence-electron chi connectivity index (χ4n) is 4.19. The Labute approximate surface area is 172 Å². The average Bonchev–Trinajstić information content (AvgIpc) is 2.71. The number of rotatable bonds is 6. The number of carbonyl (C=O) groups excluding carboxylic acids is 1. The van der Waals surface area contributed by atoms with Gasteiger partial charge in [0.1, 0.15) is 17.5 Å². The molecule has 5 heteroatoms. The first-order chi connectivity index (χ1) is 13.9. The van der Waals surface area contributed by atoms with E-state index in [9.17, 15) is 4.79 Å². The fraction of sp³-hybridized carbons (Fsp3) is 0.375. The maximum atomic E-state index is 13.3. The minimum Gasteiger partial charge on any atom is -0.384 e. The molecule has 29 heavy (non-hydrogen) atoms. The van der Waals surface area contributed by atoms with Gasteiger partial charge >= 0.3 is 0 Å². The Balaban J connectivity index is 1.71. The maximum absolute atomic E-state index is 13.3. The summed E-state index contributed by atoms with van der Waals surface area (Å²) in [5.74, 6) is 0.583. The van der Waals surface area contributed by atoms with Gasteiger partial charge in [-0.1, -0.05) is 67.8 Å². The number of nitrogen functional groups attached to an aromatic ring is 2. The topological polar surface area (TPSA) is 117 Å². The zero-order valence-electron chi connectivity index (χ0n) is 16.8. The van der Waals surface area contributed by atoms with Crippen LogP contribution in [0.25, 0.3) is 0 Å². The van der Waals surface area contributed by atoms with E-state index in [1.54, 1.807) is 0 Å². The molecular formula is C24H30N4O. The van der Waals surface area contributed by atoms with Crippen LogP contribution in [-0.2, 0) is 17.6 Å². The molecule has 0 radical (unpaired) electrons. The standard InChI is InChI=1S/C24H30N4O/c25-23(26)18-10-6-16(7-11-18)14-20-4-2-1-3-5-21(22(20)29)15-17-8-12-19(13-9-17)24(27)28/h6-13,20-21H,1-5,14-15H2,(H3,25,26)(H3,27,28). The lowest BCUT2D eigenvalue weighted by Gasteiger charge is -2.25. The highest BCUT2D eigenvalue weighted by Crippen LogP contribution is 2.29. The summed E-state index contributed by atoms with van der Waals surface area (Å²) in [4.78, 5) is 13.3. The van der Waals surface area contributed by atoms with Gasteiger partial charge in [-0.15, -0.1) is 0 Å². The van der Waals surface area contributed by atoms with E-state index >= 15 is 0 Å². The van der Waals surface area contributed by atoms with Crippen molar-refractivity contribution in [2.75, 3.05) is 0 Å². The molecule has 1 saturated carbocycles. The lowest BCUT2D eigenvalue weighted by molar-refractivity contribution is -0.127. The minimum absolute atomic E-state index is 0.0416. The Morgan fingerprint density at radius 3 is 1.45 bits per heavy atom. The fourth-order valence-corrected chi connectivity index (χ4v) is 4.19. The lowest BCUT2D eigenvalue weighted by Crippen LogP contribution is -2.28. The number of hydrogen-bond acceptors (Lipinski definition) is 3. The Kier molecular flexibility index (Phi) is 6.81. The summed E-state index contributed by atoms with van der Waals surface area (Å²) in [6, 6.07) is 15.4. The molecule has 0 amide bonds. The second-order valence-electron chi connectivity index (χ2n) is 8.06. The van der Waals surface area contributed by atoms with Crippen molar-refractivity contribution >= 4 is 17.5 Å². The summed E-state index contributed by atoms with van der Waals surface area (Å²) in [5.41, 5.74) is 14.7. The summed E-state index contributed by atoms with van der Waals surface area (Å²) in [6.07, 6.45) is 6.74. The molecular weight excluding hydrogens is 360 g/mol. The first kappa shape index (κ1) is 20.8. The summed E-state index contributed by atoms with van der Waals surface area (Å²) >= 11 is 0. The van der Waals surface area contributed by atoms with Gasteiger partial charge in [0.05, 0.1) is 0 Å². The second kappa shape index (κ2) is 9.50. The van der Waals surface area contributed by atoms with Crippen molar-refractivity contribution in [3.05, 3.63) is 70.8 Å². The Bertz CT molecular complexity index is 799. The van der Waals surface area contributed by atoms with Crippen LogP contribution in [0.5, 0.6) is 0 Å². The summed E-state index contributed by atoms with van der Waals surface area (Å²) in [6.45, 7) is 0. The van der Waals surface area contributed by atoms with Crippen LogP contribution in [0.3, 0.4) is 0 Å². The molecule has 2 aromatic rings. The molecule has 0 bridgehead atoms. The van der Waals surface area contributed by atoms with E-state index in [4.69, 9.17) is 22.3 Å². The van der Waals surface area contributed by atoms with Crippen LogP contribution in [-0.4, -0.2) is 17.5 Å². The number of carbonyl (C=O) groups is 1. The van der Waals surface area contributed by atoms with Gasteiger partial charge in [0.15, 0.2) is 0 Å². The van der Waals surface area contributed by atoms with Crippen LogP contribution in [0.2, 0.25) is 0 Å². The van der Waals surface area contributed by atoms with E-state index in [1.807, 2.05) is 48.5 Å². The normalized spacial score (nSPS) is 19.9. The third-order valence-electron chi connectivity index (χ3n) is 5.90. The van der Waals surface area contributed by atoms with E-state index in [0.29, 0.717) is 16.9 Å². The van der Waals surface area contributed by atoms with Gasteiger partial charge < -0.3 is 11.5 Å². The third kappa shape index (κ3) is 5.53. The van der Waals surface area contributed by atoms with Gasteiger partial charge in [-0.3, -0.25) is 15.6 Å². The summed E-state index contributed by atoms with van der Waals surface area (Å²) in [5, 5.41) is 15.0. The molecule has 1 fully saturated rings. The monoisotopic (exact) mass is 390 g/mol. The first-order valence-electron chi connectivity index (χ1n) is 10.3. The molecule has 2 atom stereocenters. The van der Waals surface area contributed by atoms with Crippen LogP contribution in [0.4, 0.5) is 0 Å². The van der Waals surface area contributed by atoms with Gasteiger partial charge in [0.25, 0.3) is 0 Å². The van der Waals surface area contributed by atoms with Gasteiger partial charge in [-0.25, -0.2) is 0 Å². The average molecular weight is 391 g/mol. The highest BCUT2D eigenvalue weighted by molar-refractivity contribution is 5.95. The smallest absolute Gasteiger partial charge is 0.139 e.